The minimum atomic E-state index is -0.758. The van der Waals surface area contributed by atoms with Crippen LogP contribution in [0.25, 0.3) is 0 Å². The van der Waals surface area contributed by atoms with Crippen LogP contribution in [0.4, 0.5) is 0 Å². The number of likely N-dealkylation sites (tertiary alicyclic amines) is 1. The molecule has 0 radical (unpaired) electrons. The van der Waals surface area contributed by atoms with Crippen molar-refractivity contribution in [2.75, 3.05) is 13.1 Å². The quantitative estimate of drug-likeness (QED) is 0.884. The van der Waals surface area contributed by atoms with Gasteiger partial charge >= 0.3 is 5.97 Å². The smallest absolute Gasteiger partial charge is 0.305 e. The Kier molecular flexibility index (Phi) is 5.06. The average Bonchev–Trinajstić information content (AvgIpc) is 2.67. The molecular formula is C12H15BrClNO2S. The Bertz CT molecular complexity index is 412. The summed E-state index contributed by atoms with van der Waals surface area (Å²) in [6.45, 7) is 1.95. The van der Waals surface area contributed by atoms with Crippen LogP contribution in [0.5, 0.6) is 0 Å². The molecule has 1 aromatic rings. The van der Waals surface area contributed by atoms with Gasteiger partial charge in [-0.2, -0.15) is 0 Å². The molecule has 1 saturated heterocycles. The predicted molar refractivity (Wildman–Crippen MR) is 77.4 cm³/mol. The number of carboxylic acids is 1. The maximum atomic E-state index is 11.1. The predicted octanol–water partition coefficient (Wildman–Crippen LogP) is 4.17. The molecule has 1 N–H and O–H groups in total. The molecule has 2 rings (SSSR count). The topological polar surface area (TPSA) is 40.5 Å². The fraction of sp³-hybridized carbons (Fsp3) is 0.583. The van der Waals surface area contributed by atoms with E-state index in [0.717, 1.165) is 35.3 Å². The summed E-state index contributed by atoms with van der Waals surface area (Å²) >= 11 is 10.9. The first-order valence-electron chi connectivity index (χ1n) is 5.98. The van der Waals surface area contributed by atoms with Crippen molar-refractivity contribution in [2.24, 2.45) is 0 Å². The molecule has 1 aromatic heterocycles. The zero-order chi connectivity index (χ0) is 13.1. The number of carbonyl (C=O) groups is 1. The number of hydrogen-bond donors (Lipinski definition) is 1. The van der Waals surface area contributed by atoms with E-state index in [1.165, 1.54) is 17.8 Å². The maximum absolute atomic E-state index is 11.1. The molecule has 6 heteroatoms. The summed E-state index contributed by atoms with van der Waals surface area (Å²) in [5.41, 5.74) is 0. The fourth-order valence-corrected chi connectivity index (χ4v) is 4.20. The highest BCUT2D eigenvalue weighted by Crippen LogP contribution is 2.39. The van der Waals surface area contributed by atoms with E-state index in [1.54, 1.807) is 0 Å². The van der Waals surface area contributed by atoms with Crippen LogP contribution in [0, 0.1) is 0 Å². The number of halogens is 2. The monoisotopic (exact) mass is 351 g/mol. The van der Waals surface area contributed by atoms with Crippen molar-refractivity contribution in [3.63, 3.8) is 0 Å². The largest absolute Gasteiger partial charge is 0.481 e. The molecule has 18 heavy (non-hydrogen) atoms. The van der Waals surface area contributed by atoms with E-state index >= 15 is 0 Å². The van der Waals surface area contributed by atoms with Gasteiger partial charge in [-0.15, -0.1) is 11.3 Å². The van der Waals surface area contributed by atoms with Crippen LogP contribution in [-0.2, 0) is 4.79 Å². The summed E-state index contributed by atoms with van der Waals surface area (Å²) < 4.78 is 1.55. The molecule has 1 unspecified atom stereocenters. The van der Waals surface area contributed by atoms with Crippen molar-refractivity contribution in [1.29, 1.82) is 0 Å². The second-order valence-electron chi connectivity index (χ2n) is 4.48. The molecule has 0 amide bonds. The average molecular weight is 353 g/mol. The lowest BCUT2D eigenvalue weighted by atomic mass is 10.0. The van der Waals surface area contributed by atoms with Gasteiger partial charge in [0.2, 0.25) is 0 Å². The van der Waals surface area contributed by atoms with Crippen molar-refractivity contribution in [1.82, 2.24) is 4.90 Å². The second kappa shape index (κ2) is 6.37. The summed E-state index contributed by atoms with van der Waals surface area (Å²) in [7, 11) is 0. The molecule has 100 valence electrons. The minimum absolute atomic E-state index is 0.0448. The summed E-state index contributed by atoms with van der Waals surface area (Å²) in [5.74, 6) is -0.758. The molecule has 3 nitrogen and oxygen atoms in total. The van der Waals surface area contributed by atoms with Gasteiger partial charge in [-0.05, 0) is 47.9 Å². The third kappa shape index (κ3) is 3.47. The number of thiophene rings is 1. The normalized spacial score (nSPS) is 18.8. The van der Waals surface area contributed by atoms with Crippen LogP contribution < -0.4 is 0 Å². The Morgan fingerprint density at radius 1 is 1.50 bits per heavy atom. The molecule has 0 aliphatic carbocycles. The lowest BCUT2D eigenvalue weighted by Gasteiger charge is -2.33. The summed E-state index contributed by atoms with van der Waals surface area (Å²) in [4.78, 5) is 14.4. The lowest BCUT2D eigenvalue weighted by Crippen LogP contribution is -2.34. The van der Waals surface area contributed by atoms with Crippen molar-refractivity contribution >= 4 is 44.8 Å². The van der Waals surface area contributed by atoms with Crippen molar-refractivity contribution < 1.29 is 9.90 Å². The van der Waals surface area contributed by atoms with Gasteiger partial charge in [-0.25, -0.2) is 0 Å². The van der Waals surface area contributed by atoms with Gasteiger partial charge in [0.1, 0.15) is 4.34 Å². The highest BCUT2D eigenvalue weighted by Gasteiger charge is 2.26. The first-order valence-corrected chi connectivity index (χ1v) is 7.97. The van der Waals surface area contributed by atoms with Gasteiger partial charge in [0, 0.05) is 9.35 Å². The third-order valence-electron chi connectivity index (χ3n) is 3.19. The standard InChI is InChI=1S/C12H15BrClNO2S/c13-8-6-10(18-12(8)14)9(7-11(16)17)15-4-2-1-3-5-15/h6,9H,1-5,7H2,(H,16,17). The molecular weight excluding hydrogens is 338 g/mol. The van der Waals surface area contributed by atoms with Gasteiger partial charge in [-0.3, -0.25) is 9.69 Å². The summed E-state index contributed by atoms with van der Waals surface area (Å²) in [5, 5.41) is 9.09. The van der Waals surface area contributed by atoms with E-state index in [4.69, 9.17) is 16.7 Å². The Balaban J connectivity index is 2.20. The van der Waals surface area contributed by atoms with E-state index in [2.05, 4.69) is 20.8 Å². The van der Waals surface area contributed by atoms with E-state index in [1.807, 2.05) is 6.07 Å². The Morgan fingerprint density at radius 2 is 2.17 bits per heavy atom. The fourth-order valence-electron chi connectivity index (χ4n) is 2.33. The number of hydrogen-bond acceptors (Lipinski definition) is 3. The maximum Gasteiger partial charge on any atom is 0.305 e. The molecule has 1 atom stereocenters. The van der Waals surface area contributed by atoms with Crippen LogP contribution in [0.1, 0.15) is 36.6 Å². The number of carboxylic acid groups (broad SMARTS) is 1. The highest BCUT2D eigenvalue weighted by molar-refractivity contribution is 9.10. The SMILES string of the molecule is O=C(O)CC(c1cc(Br)c(Cl)s1)N1CCCCC1. The van der Waals surface area contributed by atoms with Gasteiger partial charge in [0.15, 0.2) is 0 Å². The van der Waals surface area contributed by atoms with E-state index in [-0.39, 0.29) is 12.5 Å². The lowest BCUT2D eigenvalue weighted by molar-refractivity contribution is -0.138. The van der Waals surface area contributed by atoms with Gasteiger partial charge in [0.05, 0.1) is 12.5 Å². The Morgan fingerprint density at radius 3 is 2.67 bits per heavy atom. The number of nitrogens with zero attached hydrogens (tertiary/aromatic N) is 1. The van der Waals surface area contributed by atoms with Crippen LogP contribution in [0.15, 0.2) is 10.5 Å². The first kappa shape index (κ1) is 14.3. The summed E-state index contributed by atoms with van der Waals surface area (Å²) in [6.07, 6.45) is 3.68. The molecule has 0 saturated carbocycles. The van der Waals surface area contributed by atoms with E-state index < -0.39 is 5.97 Å². The number of piperidine rings is 1. The van der Waals surface area contributed by atoms with E-state index in [9.17, 15) is 4.79 Å². The third-order valence-corrected chi connectivity index (χ3v) is 5.77. The molecule has 1 aliphatic rings. The van der Waals surface area contributed by atoms with Gasteiger partial charge in [-0.1, -0.05) is 18.0 Å². The molecule has 0 bridgehead atoms. The van der Waals surface area contributed by atoms with Crippen LogP contribution in [-0.4, -0.2) is 29.1 Å². The molecule has 0 spiro atoms. The summed E-state index contributed by atoms with van der Waals surface area (Å²) in [6, 6.07) is 1.91. The van der Waals surface area contributed by atoms with Gasteiger partial charge in [0.25, 0.3) is 0 Å². The Labute approximate surface area is 124 Å². The van der Waals surface area contributed by atoms with Crippen LogP contribution in [0.3, 0.4) is 0 Å². The van der Waals surface area contributed by atoms with Crippen molar-refractivity contribution in [3.8, 4) is 0 Å². The zero-order valence-electron chi connectivity index (χ0n) is 9.86. The number of aliphatic carboxylic acids is 1. The Hall–Kier alpha value is -0.100. The zero-order valence-corrected chi connectivity index (χ0v) is 13.0. The van der Waals surface area contributed by atoms with Crippen molar-refractivity contribution in [2.45, 2.75) is 31.7 Å². The molecule has 2 heterocycles. The van der Waals surface area contributed by atoms with Crippen LogP contribution in [0.2, 0.25) is 4.34 Å². The number of rotatable bonds is 4. The first-order chi connectivity index (χ1) is 8.58. The molecule has 0 aromatic carbocycles. The van der Waals surface area contributed by atoms with Gasteiger partial charge < -0.3 is 5.11 Å². The molecule has 1 fully saturated rings. The van der Waals surface area contributed by atoms with Crippen molar-refractivity contribution in [3.05, 3.63) is 19.8 Å². The van der Waals surface area contributed by atoms with Crippen LogP contribution >= 0.6 is 38.9 Å². The van der Waals surface area contributed by atoms with E-state index in [0.29, 0.717) is 4.34 Å². The minimum Gasteiger partial charge on any atom is -0.481 e. The second-order valence-corrected chi connectivity index (χ2v) is 7.02. The highest BCUT2D eigenvalue weighted by atomic mass is 79.9. The molecule has 1 aliphatic heterocycles.